The maximum Gasteiger partial charge on any atom is 0.407 e. The first-order valence-corrected chi connectivity index (χ1v) is 4.85. The van der Waals surface area contributed by atoms with Crippen molar-refractivity contribution in [1.29, 1.82) is 0 Å². The van der Waals surface area contributed by atoms with Crippen LogP contribution in [-0.4, -0.2) is 31.3 Å². The molecule has 0 aromatic rings. The summed E-state index contributed by atoms with van der Waals surface area (Å²) in [4.78, 5) is 22.0. The number of unbranched alkanes of at least 4 members (excludes halogenated alkanes) is 1. The second-order valence-electron chi connectivity index (χ2n) is 3.13. The number of carbonyl (C=O) groups excluding carboxylic acids is 2. The van der Waals surface area contributed by atoms with Crippen LogP contribution in [-0.2, 0) is 14.3 Å². The van der Waals surface area contributed by atoms with Crippen molar-refractivity contribution in [1.82, 2.24) is 5.32 Å². The molecular formula is C9H15NO4. The molecule has 0 saturated carbocycles. The van der Waals surface area contributed by atoms with E-state index >= 15 is 0 Å². The number of esters is 1. The highest BCUT2D eigenvalue weighted by atomic mass is 16.6. The average molecular weight is 201 g/mol. The van der Waals surface area contributed by atoms with Crippen molar-refractivity contribution in [3.8, 4) is 0 Å². The molecule has 1 unspecified atom stereocenters. The molecule has 1 rings (SSSR count). The minimum Gasteiger partial charge on any atom is -0.463 e. The van der Waals surface area contributed by atoms with E-state index in [0.29, 0.717) is 19.6 Å². The minimum absolute atomic E-state index is 0.339. The molecule has 0 bridgehead atoms. The summed E-state index contributed by atoms with van der Waals surface area (Å²) < 4.78 is 9.49. The molecule has 1 aliphatic rings. The van der Waals surface area contributed by atoms with Gasteiger partial charge >= 0.3 is 12.1 Å². The number of hydrogen-bond acceptors (Lipinski definition) is 4. The zero-order valence-electron chi connectivity index (χ0n) is 8.25. The van der Waals surface area contributed by atoms with Crippen molar-refractivity contribution < 1.29 is 19.1 Å². The van der Waals surface area contributed by atoms with Crippen LogP contribution in [0.2, 0.25) is 0 Å². The molecule has 1 N–H and O–H groups in total. The number of hydrogen-bond donors (Lipinski definition) is 1. The third-order valence-corrected chi connectivity index (χ3v) is 1.94. The van der Waals surface area contributed by atoms with Gasteiger partial charge in [-0.2, -0.15) is 0 Å². The van der Waals surface area contributed by atoms with Gasteiger partial charge in [-0.3, -0.25) is 0 Å². The van der Waals surface area contributed by atoms with Crippen molar-refractivity contribution in [2.75, 3.05) is 13.2 Å². The fourth-order valence-electron chi connectivity index (χ4n) is 1.12. The molecule has 80 valence electrons. The third kappa shape index (κ3) is 3.24. The smallest absolute Gasteiger partial charge is 0.407 e. The fourth-order valence-corrected chi connectivity index (χ4v) is 1.12. The van der Waals surface area contributed by atoms with Gasteiger partial charge in [0.2, 0.25) is 6.10 Å². The van der Waals surface area contributed by atoms with E-state index in [0.717, 1.165) is 12.8 Å². The standard InChI is InChI=1S/C9H15NO4/c1-2-3-5-10-9(12)14-7-4-6-13-8(7)11/h7H,2-6H2,1H3,(H,10,12). The Morgan fingerprint density at radius 2 is 2.50 bits per heavy atom. The summed E-state index contributed by atoms with van der Waals surface area (Å²) in [5.41, 5.74) is 0. The molecule has 1 atom stereocenters. The lowest BCUT2D eigenvalue weighted by atomic mass is 10.3. The van der Waals surface area contributed by atoms with Crippen LogP contribution >= 0.6 is 0 Å². The van der Waals surface area contributed by atoms with Gasteiger partial charge in [-0.05, 0) is 6.42 Å². The van der Waals surface area contributed by atoms with Gasteiger partial charge < -0.3 is 14.8 Å². The lowest BCUT2D eigenvalue weighted by molar-refractivity contribution is -0.144. The van der Waals surface area contributed by atoms with Gasteiger partial charge in [-0.15, -0.1) is 0 Å². The van der Waals surface area contributed by atoms with E-state index < -0.39 is 18.2 Å². The quantitative estimate of drug-likeness (QED) is 0.540. The van der Waals surface area contributed by atoms with Crippen molar-refractivity contribution >= 4 is 12.1 Å². The second-order valence-corrected chi connectivity index (χ2v) is 3.13. The molecule has 14 heavy (non-hydrogen) atoms. The summed E-state index contributed by atoms with van der Waals surface area (Å²) in [6.07, 6.45) is 1.12. The van der Waals surface area contributed by atoms with Crippen LogP contribution in [0.25, 0.3) is 0 Å². The van der Waals surface area contributed by atoms with Gasteiger partial charge in [-0.25, -0.2) is 9.59 Å². The lowest BCUT2D eigenvalue weighted by Gasteiger charge is -2.08. The van der Waals surface area contributed by atoms with Crippen LogP contribution in [0.4, 0.5) is 4.79 Å². The van der Waals surface area contributed by atoms with Gasteiger partial charge in [0.25, 0.3) is 0 Å². The van der Waals surface area contributed by atoms with E-state index in [2.05, 4.69) is 10.1 Å². The SMILES string of the molecule is CCCCNC(=O)OC1CCOC1=O. The first-order chi connectivity index (χ1) is 6.74. The van der Waals surface area contributed by atoms with E-state index in [1.165, 1.54) is 0 Å². The Morgan fingerprint density at radius 1 is 1.71 bits per heavy atom. The normalized spacial score (nSPS) is 20.4. The first kappa shape index (κ1) is 10.8. The summed E-state index contributed by atoms with van der Waals surface area (Å²) in [6, 6.07) is 0. The molecule has 0 aliphatic carbocycles. The number of alkyl carbamates (subject to hydrolysis) is 1. The van der Waals surface area contributed by atoms with Gasteiger partial charge in [-0.1, -0.05) is 13.3 Å². The molecule has 5 nitrogen and oxygen atoms in total. The molecule has 1 heterocycles. The summed E-state index contributed by atoms with van der Waals surface area (Å²) in [5.74, 6) is -0.448. The first-order valence-electron chi connectivity index (χ1n) is 4.85. The van der Waals surface area contributed by atoms with Crippen LogP contribution < -0.4 is 5.32 Å². The number of carbonyl (C=O) groups is 2. The Labute approximate surface area is 82.8 Å². The molecule has 0 spiro atoms. The van der Waals surface area contributed by atoms with Crippen LogP contribution in [0.15, 0.2) is 0 Å². The number of cyclic esters (lactones) is 1. The molecule has 0 aromatic carbocycles. The number of ether oxygens (including phenoxy) is 2. The Bertz CT molecular complexity index is 217. The Kier molecular flexibility index (Phi) is 4.22. The van der Waals surface area contributed by atoms with Crippen molar-refractivity contribution in [2.45, 2.75) is 32.3 Å². The predicted octanol–water partition coefficient (Wildman–Crippen LogP) is 0.828. The van der Waals surface area contributed by atoms with Gasteiger partial charge in [0.15, 0.2) is 0 Å². The summed E-state index contributed by atoms with van der Waals surface area (Å²) in [7, 11) is 0. The Hall–Kier alpha value is -1.26. The second kappa shape index (κ2) is 5.47. The summed E-state index contributed by atoms with van der Waals surface area (Å²) in [5, 5.41) is 2.56. The maximum atomic E-state index is 11.1. The lowest BCUT2D eigenvalue weighted by Crippen LogP contribution is -2.31. The molecular weight excluding hydrogens is 186 g/mol. The van der Waals surface area contributed by atoms with E-state index in [1.807, 2.05) is 6.92 Å². The molecule has 1 aliphatic heterocycles. The van der Waals surface area contributed by atoms with Gasteiger partial charge in [0.05, 0.1) is 6.61 Å². The highest BCUT2D eigenvalue weighted by molar-refractivity contribution is 5.80. The monoisotopic (exact) mass is 201 g/mol. The third-order valence-electron chi connectivity index (χ3n) is 1.94. The zero-order chi connectivity index (χ0) is 10.4. The zero-order valence-corrected chi connectivity index (χ0v) is 8.25. The van der Waals surface area contributed by atoms with Crippen LogP contribution in [0, 0.1) is 0 Å². The molecule has 0 aromatic heterocycles. The van der Waals surface area contributed by atoms with Gasteiger partial charge in [0.1, 0.15) is 0 Å². The van der Waals surface area contributed by atoms with E-state index in [4.69, 9.17) is 4.74 Å². The highest BCUT2D eigenvalue weighted by Gasteiger charge is 2.29. The number of rotatable bonds is 4. The van der Waals surface area contributed by atoms with Gasteiger partial charge in [0, 0.05) is 13.0 Å². The molecule has 5 heteroatoms. The van der Waals surface area contributed by atoms with Crippen LogP contribution in [0.5, 0.6) is 0 Å². The predicted molar refractivity (Wildman–Crippen MR) is 48.8 cm³/mol. The van der Waals surface area contributed by atoms with E-state index in [9.17, 15) is 9.59 Å². The van der Waals surface area contributed by atoms with E-state index in [1.54, 1.807) is 0 Å². The molecule has 1 saturated heterocycles. The highest BCUT2D eigenvalue weighted by Crippen LogP contribution is 2.09. The van der Waals surface area contributed by atoms with Crippen molar-refractivity contribution in [3.05, 3.63) is 0 Å². The van der Waals surface area contributed by atoms with Crippen LogP contribution in [0.3, 0.4) is 0 Å². The minimum atomic E-state index is -0.711. The van der Waals surface area contributed by atoms with E-state index in [-0.39, 0.29) is 0 Å². The fraction of sp³-hybridized carbons (Fsp3) is 0.778. The van der Waals surface area contributed by atoms with Crippen molar-refractivity contribution in [2.24, 2.45) is 0 Å². The van der Waals surface area contributed by atoms with Crippen LogP contribution in [0.1, 0.15) is 26.2 Å². The maximum absolute atomic E-state index is 11.1. The number of amides is 1. The van der Waals surface area contributed by atoms with Crippen molar-refractivity contribution in [3.63, 3.8) is 0 Å². The molecule has 0 radical (unpaired) electrons. The summed E-state index contributed by atoms with van der Waals surface area (Å²) >= 11 is 0. The molecule has 1 fully saturated rings. The largest absolute Gasteiger partial charge is 0.463 e. The molecule has 1 amide bonds. The Balaban J connectivity index is 2.16. The summed E-state index contributed by atoms with van der Waals surface area (Å²) in [6.45, 7) is 2.95. The number of nitrogens with one attached hydrogen (secondary N) is 1. The topological polar surface area (TPSA) is 64.6 Å². The average Bonchev–Trinajstić information content (AvgIpc) is 2.52. The Morgan fingerprint density at radius 3 is 3.07 bits per heavy atom.